The highest BCUT2D eigenvalue weighted by molar-refractivity contribution is 7.15. The maximum Gasteiger partial charge on any atom is 0.226 e. The molecule has 0 unspecified atom stereocenters. The third kappa shape index (κ3) is 6.66. The molecule has 6 aromatic heterocycles. The van der Waals surface area contributed by atoms with Crippen LogP contribution >= 0.6 is 22.7 Å². The molecule has 0 aliphatic carbocycles. The van der Waals surface area contributed by atoms with Gasteiger partial charge in [0.2, 0.25) is 11.8 Å². The van der Waals surface area contributed by atoms with Gasteiger partial charge in [0.1, 0.15) is 34.5 Å². The summed E-state index contributed by atoms with van der Waals surface area (Å²) in [6.07, 6.45) is 5.43. The van der Waals surface area contributed by atoms with Gasteiger partial charge in [0.25, 0.3) is 0 Å². The summed E-state index contributed by atoms with van der Waals surface area (Å²) in [5.41, 5.74) is 10.4. The molecule has 0 spiro atoms. The van der Waals surface area contributed by atoms with Crippen molar-refractivity contribution in [2.75, 3.05) is 0 Å². The molecule has 9 nitrogen and oxygen atoms in total. The van der Waals surface area contributed by atoms with Crippen molar-refractivity contribution in [2.24, 2.45) is 0 Å². The van der Waals surface area contributed by atoms with Crippen LogP contribution < -0.4 is 0 Å². The summed E-state index contributed by atoms with van der Waals surface area (Å²) in [6.45, 7) is 3.69. The first-order valence-electron chi connectivity index (χ1n) is 17.8. The number of nitrogens with zero attached hydrogens (tertiary/aromatic N) is 7. The predicted octanol–water partition coefficient (Wildman–Crippen LogP) is 11.6. The van der Waals surface area contributed by atoms with Crippen LogP contribution in [-0.4, -0.2) is 34.9 Å². The Morgan fingerprint density at radius 1 is 0.544 bits per heavy atom. The Kier molecular flexibility index (Phi) is 8.53. The molecule has 0 aliphatic heterocycles. The van der Waals surface area contributed by atoms with Crippen molar-refractivity contribution < 1.29 is 17.6 Å². The largest absolute Gasteiger partial charge is 0.441 e. The molecule has 0 N–H and O–H groups in total. The molecule has 276 valence electrons. The third-order valence-corrected chi connectivity index (χ3v) is 11.3. The van der Waals surface area contributed by atoms with Gasteiger partial charge in [-0.3, -0.25) is 4.98 Å². The van der Waals surface area contributed by atoms with Crippen LogP contribution in [0.3, 0.4) is 0 Å². The van der Waals surface area contributed by atoms with Crippen LogP contribution in [0.25, 0.3) is 88.6 Å². The van der Waals surface area contributed by atoms with E-state index in [0.29, 0.717) is 80.1 Å². The summed E-state index contributed by atoms with van der Waals surface area (Å²) in [6, 6.07) is 26.6. The molecule has 0 bridgehead atoms. The number of oxazole rings is 2. The molecular formula is C44H27F2N7O2S2. The number of benzene rings is 4. The zero-order valence-corrected chi connectivity index (χ0v) is 31.8. The zero-order chi connectivity index (χ0) is 38.6. The second-order valence-corrected chi connectivity index (χ2v) is 15.5. The fourth-order valence-corrected chi connectivity index (χ4v) is 8.32. The van der Waals surface area contributed by atoms with Crippen LogP contribution in [0, 0.1) is 25.5 Å². The van der Waals surface area contributed by atoms with Crippen molar-refractivity contribution in [3.63, 3.8) is 0 Å². The van der Waals surface area contributed by atoms with Crippen molar-refractivity contribution >= 4 is 44.7 Å². The van der Waals surface area contributed by atoms with Crippen molar-refractivity contribution in [3.8, 4) is 66.6 Å². The Morgan fingerprint density at radius 2 is 1.12 bits per heavy atom. The Labute approximate surface area is 331 Å². The number of aromatic nitrogens is 7. The lowest BCUT2D eigenvalue weighted by Gasteiger charge is -2.11. The smallest absolute Gasteiger partial charge is 0.226 e. The van der Waals surface area contributed by atoms with E-state index in [1.807, 2.05) is 68.4 Å². The van der Waals surface area contributed by atoms with Gasteiger partial charge in [0.05, 0.1) is 61.1 Å². The fourth-order valence-electron chi connectivity index (χ4n) is 6.68. The van der Waals surface area contributed by atoms with Gasteiger partial charge in [-0.25, -0.2) is 38.7 Å². The number of hydrogen-bond donors (Lipinski definition) is 0. The van der Waals surface area contributed by atoms with E-state index in [-0.39, 0.29) is 11.6 Å². The van der Waals surface area contributed by atoms with E-state index in [1.54, 1.807) is 42.3 Å². The summed E-state index contributed by atoms with van der Waals surface area (Å²) in [5, 5.41) is 0. The Hall–Kier alpha value is -6.83. The quantitative estimate of drug-likeness (QED) is 0.148. The van der Waals surface area contributed by atoms with Gasteiger partial charge in [0.15, 0.2) is 0 Å². The highest BCUT2D eigenvalue weighted by atomic mass is 32.1. The van der Waals surface area contributed by atoms with Gasteiger partial charge in [0, 0.05) is 39.7 Å². The van der Waals surface area contributed by atoms with Crippen LogP contribution in [0.4, 0.5) is 8.78 Å². The van der Waals surface area contributed by atoms with Gasteiger partial charge in [-0.05, 0) is 110 Å². The first kappa shape index (κ1) is 34.6. The molecule has 4 aromatic carbocycles. The molecule has 0 fully saturated rings. The minimum Gasteiger partial charge on any atom is -0.441 e. The number of thiophene rings is 1. The van der Waals surface area contributed by atoms with Gasteiger partial charge >= 0.3 is 0 Å². The highest BCUT2D eigenvalue weighted by Crippen LogP contribution is 2.39. The molecule has 0 amide bonds. The van der Waals surface area contributed by atoms with E-state index < -0.39 is 0 Å². The lowest BCUT2D eigenvalue weighted by atomic mass is 10.0. The van der Waals surface area contributed by atoms with Crippen molar-refractivity contribution in [1.82, 2.24) is 34.9 Å². The molecule has 10 aromatic rings. The van der Waals surface area contributed by atoms with Gasteiger partial charge in [-0.1, -0.05) is 0 Å². The summed E-state index contributed by atoms with van der Waals surface area (Å²) < 4.78 is 41.2. The maximum absolute atomic E-state index is 15.7. The monoisotopic (exact) mass is 787 g/mol. The SMILES string of the molecule is Cc1cnc(-c2ccc3nc(-c4ccc(F)c(Cc5ccc(-c6nc7cc(-c8ncc(C)o8)ccc7nc6-c6ccc(F)cc6)s5)c4)c(-c4cncs4)nc3c2)o1. The molecular weight excluding hydrogens is 761 g/mol. The van der Waals surface area contributed by atoms with Gasteiger partial charge in [-0.2, -0.15) is 0 Å². The molecule has 6 heterocycles. The van der Waals surface area contributed by atoms with E-state index in [1.165, 1.54) is 40.9 Å². The Balaban J connectivity index is 1.02. The van der Waals surface area contributed by atoms with E-state index in [9.17, 15) is 4.39 Å². The van der Waals surface area contributed by atoms with E-state index in [4.69, 9.17) is 28.8 Å². The average Bonchev–Trinajstić information content (AvgIpc) is 4.07. The predicted molar refractivity (Wildman–Crippen MR) is 218 cm³/mol. The third-order valence-electron chi connectivity index (χ3n) is 9.43. The first-order valence-corrected chi connectivity index (χ1v) is 19.5. The van der Waals surface area contributed by atoms with Crippen LogP contribution in [-0.2, 0) is 6.42 Å². The average molecular weight is 788 g/mol. The Morgan fingerprint density at radius 3 is 1.72 bits per heavy atom. The topological polar surface area (TPSA) is 117 Å². The summed E-state index contributed by atoms with van der Waals surface area (Å²) in [4.78, 5) is 35.8. The van der Waals surface area contributed by atoms with Crippen molar-refractivity contribution in [3.05, 3.63) is 149 Å². The van der Waals surface area contributed by atoms with Crippen molar-refractivity contribution in [1.29, 1.82) is 0 Å². The van der Waals surface area contributed by atoms with E-state index >= 15 is 4.39 Å². The van der Waals surface area contributed by atoms with Crippen LogP contribution in [0.5, 0.6) is 0 Å². The normalized spacial score (nSPS) is 11.6. The standard InChI is InChI=1S/C44H27F2N7O2S2/c1-23-19-48-43(54-23)27-6-12-33-35(17-27)52-41(39(50-33)25-3-8-30(45)9-4-25)37-14-10-31(57-37)16-29-15-26(5-11-32(29)46)40-42(38-21-47-22-56-38)53-36-18-28(7-13-34(36)51-40)44-49-20-24(2)55-44/h3-15,17-22H,16H2,1-2H3. The zero-order valence-electron chi connectivity index (χ0n) is 30.2. The van der Waals surface area contributed by atoms with E-state index in [0.717, 1.165) is 36.9 Å². The van der Waals surface area contributed by atoms with Gasteiger partial charge < -0.3 is 8.83 Å². The fraction of sp³-hybridized carbons (Fsp3) is 0.0682. The van der Waals surface area contributed by atoms with Crippen LogP contribution in [0.1, 0.15) is 22.0 Å². The number of hydrogen-bond acceptors (Lipinski definition) is 11. The summed E-state index contributed by atoms with van der Waals surface area (Å²) >= 11 is 2.95. The molecule has 0 radical (unpaired) electrons. The van der Waals surface area contributed by atoms with Crippen molar-refractivity contribution in [2.45, 2.75) is 20.3 Å². The Bertz CT molecular complexity index is 3120. The minimum absolute atomic E-state index is 0.320. The lowest BCUT2D eigenvalue weighted by Crippen LogP contribution is -1.97. The van der Waals surface area contributed by atoms with E-state index in [2.05, 4.69) is 15.0 Å². The highest BCUT2D eigenvalue weighted by Gasteiger charge is 2.20. The van der Waals surface area contributed by atoms with Gasteiger partial charge in [-0.15, -0.1) is 22.7 Å². The number of thiazole rings is 1. The number of halogens is 2. The van der Waals surface area contributed by atoms with Crippen LogP contribution in [0.15, 0.2) is 124 Å². The molecule has 10 rings (SSSR count). The summed E-state index contributed by atoms with van der Waals surface area (Å²) in [7, 11) is 0. The molecule has 0 aliphatic rings. The number of rotatable bonds is 8. The first-order chi connectivity index (χ1) is 27.8. The number of aryl methyl sites for hydroxylation is 2. The molecule has 0 saturated carbocycles. The molecule has 0 saturated heterocycles. The second-order valence-electron chi connectivity index (χ2n) is 13.4. The molecule has 57 heavy (non-hydrogen) atoms. The maximum atomic E-state index is 15.7. The number of fused-ring (bicyclic) bond motifs is 2. The van der Waals surface area contributed by atoms with Crippen LogP contribution in [0.2, 0.25) is 0 Å². The lowest BCUT2D eigenvalue weighted by molar-refractivity contribution is 0.542. The summed E-state index contributed by atoms with van der Waals surface area (Å²) in [5.74, 6) is 1.74. The molecule has 0 atom stereocenters. The minimum atomic E-state index is -0.344. The second kappa shape index (κ2) is 14.0. The molecule has 13 heteroatoms.